The number of aliphatic hydroxyl groups is 1. The number of hydrogen-bond donors (Lipinski definition) is 1. The molecule has 2 aromatic carbocycles. The first-order chi connectivity index (χ1) is 14.0. The summed E-state index contributed by atoms with van der Waals surface area (Å²) in [6.45, 7) is 5.09. The number of rotatable bonds is 6. The van der Waals surface area contributed by atoms with Gasteiger partial charge in [-0.1, -0.05) is 24.3 Å². The topological polar surface area (TPSA) is 56.7 Å². The molecule has 0 fully saturated rings. The monoisotopic (exact) mass is 407 g/mol. The lowest BCUT2D eigenvalue weighted by Crippen LogP contribution is -2.42. The number of aromatic nitrogens is 1. The molecule has 0 aliphatic carbocycles. The lowest BCUT2D eigenvalue weighted by Gasteiger charge is -2.28. The third-order valence-corrected chi connectivity index (χ3v) is 5.90. The molecule has 3 aromatic rings. The molecule has 4 rings (SSSR count). The van der Waals surface area contributed by atoms with E-state index < -0.39 is 6.10 Å². The zero-order valence-electron chi connectivity index (χ0n) is 16.7. The van der Waals surface area contributed by atoms with Crippen LogP contribution in [0.15, 0.2) is 53.9 Å². The Kier molecular flexibility index (Phi) is 5.65. The van der Waals surface area contributed by atoms with Crippen LogP contribution in [0.5, 0.6) is 0 Å². The standard InChI is InChI=1S/C23H25N3O2S/c1-16(27)13-25(20-6-4-3-5-7-20)14-23(28)26-11-10-19-12-18(8-9-22(19)26)21-15-29-17(2)24-21/h3-9,12,15-16,27H,10-11,13-14H2,1-2H3. The molecule has 150 valence electrons. The van der Waals surface area contributed by atoms with Gasteiger partial charge in [-0.3, -0.25) is 4.79 Å². The van der Waals surface area contributed by atoms with Crippen LogP contribution in [0.1, 0.15) is 17.5 Å². The van der Waals surface area contributed by atoms with Crippen LogP contribution < -0.4 is 9.80 Å². The number of benzene rings is 2. The molecule has 0 saturated carbocycles. The van der Waals surface area contributed by atoms with Crippen molar-refractivity contribution < 1.29 is 9.90 Å². The number of thiazole rings is 1. The van der Waals surface area contributed by atoms with Gasteiger partial charge in [0.1, 0.15) is 0 Å². The van der Waals surface area contributed by atoms with Crippen LogP contribution in [-0.4, -0.2) is 41.7 Å². The van der Waals surface area contributed by atoms with E-state index >= 15 is 0 Å². The van der Waals surface area contributed by atoms with Gasteiger partial charge < -0.3 is 14.9 Å². The first kappa shape index (κ1) is 19.6. The highest BCUT2D eigenvalue weighted by atomic mass is 32.1. The van der Waals surface area contributed by atoms with Gasteiger partial charge in [-0.15, -0.1) is 11.3 Å². The summed E-state index contributed by atoms with van der Waals surface area (Å²) in [7, 11) is 0. The predicted octanol–water partition coefficient (Wildman–Crippen LogP) is 3.90. The molecule has 0 saturated heterocycles. The molecule has 1 N–H and O–H groups in total. The number of carbonyl (C=O) groups is 1. The number of nitrogens with zero attached hydrogens (tertiary/aromatic N) is 3. The van der Waals surface area contributed by atoms with E-state index in [9.17, 15) is 9.90 Å². The second kappa shape index (κ2) is 8.35. The van der Waals surface area contributed by atoms with Crippen LogP contribution in [0, 0.1) is 6.92 Å². The van der Waals surface area contributed by atoms with Crippen molar-refractivity contribution in [3.8, 4) is 11.3 Å². The summed E-state index contributed by atoms with van der Waals surface area (Å²) in [5.41, 5.74) is 5.20. The lowest BCUT2D eigenvalue weighted by molar-refractivity contribution is -0.117. The van der Waals surface area contributed by atoms with E-state index in [0.29, 0.717) is 13.1 Å². The zero-order chi connectivity index (χ0) is 20.4. The minimum absolute atomic E-state index is 0.0468. The van der Waals surface area contributed by atoms with E-state index in [1.165, 1.54) is 5.56 Å². The molecule has 1 aliphatic heterocycles. The van der Waals surface area contributed by atoms with Crippen molar-refractivity contribution in [2.24, 2.45) is 0 Å². The summed E-state index contributed by atoms with van der Waals surface area (Å²) in [4.78, 5) is 21.5. The average Bonchev–Trinajstić information content (AvgIpc) is 3.33. The van der Waals surface area contributed by atoms with E-state index in [0.717, 1.165) is 34.1 Å². The molecule has 1 atom stereocenters. The van der Waals surface area contributed by atoms with Crippen LogP contribution in [-0.2, 0) is 11.2 Å². The van der Waals surface area contributed by atoms with Crippen molar-refractivity contribution in [1.82, 2.24) is 4.98 Å². The van der Waals surface area contributed by atoms with Crippen molar-refractivity contribution in [3.05, 3.63) is 64.5 Å². The fourth-order valence-electron chi connectivity index (χ4n) is 3.78. The second-order valence-electron chi connectivity index (χ2n) is 7.46. The SMILES string of the molecule is Cc1nc(-c2ccc3c(c2)CCN3C(=O)CN(CC(C)O)c2ccccc2)cs1. The van der Waals surface area contributed by atoms with Gasteiger partial charge in [0.15, 0.2) is 0 Å². The van der Waals surface area contributed by atoms with Crippen LogP contribution >= 0.6 is 11.3 Å². The van der Waals surface area contributed by atoms with Gasteiger partial charge in [-0.05, 0) is 50.1 Å². The van der Waals surface area contributed by atoms with Gasteiger partial charge in [-0.25, -0.2) is 4.98 Å². The smallest absolute Gasteiger partial charge is 0.246 e. The van der Waals surface area contributed by atoms with Crippen molar-refractivity contribution in [3.63, 3.8) is 0 Å². The molecule has 29 heavy (non-hydrogen) atoms. The van der Waals surface area contributed by atoms with Crippen LogP contribution in [0.2, 0.25) is 0 Å². The summed E-state index contributed by atoms with van der Waals surface area (Å²) in [6.07, 6.45) is 0.331. The molecule has 6 heteroatoms. The number of amides is 1. The third kappa shape index (κ3) is 4.33. The van der Waals surface area contributed by atoms with E-state index in [2.05, 4.69) is 16.4 Å². The van der Waals surface area contributed by atoms with Gasteiger partial charge >= 0.3 is 0 Å². The van der Waals surface area contributed by atoms with Crippen molar-refractivity contribution in [1.29, 1.82) is 0 Å². The Hall–Kier alpha value is -2.70. The zero-order valence-corrected chi connectivity index (χ0v) is 17.5. The molecular formula is C23H25N3O2S. The number of aryl methyl sites for hydroxylation is 1. The summed E-state index contributed by atoms with van der Waals surface area (Å²) in [5, 5.41) is 13.0. The first-order valence-corrected chi connectivity index (χ1v) is 10.7. The quantitative estimate of drug-likeness (QED) is 0.673. The number of aliphatic hydroxyl groups excluding tert-OH is 1. The maximum absolute atomic E-state index is 13.1. The molecule has 0 spiro atoms. The van der Waals surface area contributed by atoms with Crippen molar-refractivity contribution in [2.45, 2.75) is 26.4 Å². The van der Waals surface area contributed by atoms with E-state index in [1.807, 2.05) is 59.2 Å². The molecule has 5 nitrogen and oxygen atoms in total. The maximum Gasteiger partial charge on any atom is 0.246 e. The van der Waals surface area contributed by atoms with Crippen molar-refractivity contribution in [2.75, 3.05) is 29.4 Å². The molecule has 1 aromatic heterocycles. The van der Waals surface area contributed by atoms with Gasteiger partial charge in [0.2, 0.25) is 5.91 Å². The Morgan fingerprint density at radius 2 is 2.07 bits per heavy atom. The molecular weight excluding hydrogens is 382 g/mol. The largest absolute Gasteiger partial charge is 0.392 e. The van der Waals surface area contributed by atoms with E-state index in [-0.39, 0.29) is 12.5 Å². The highest BCUT2D eigenvalue weighted by Gasteiger charge is 2.27. The molecule has 0 radical (unpaired) electrons. The summed E-state index contributed by atoms with van der Waals surface area (Å²) < 4.78 is 0. The number of hydrogen-bond acceptors (Lipinski definition) is 5. The van der Waals surface area contributed by atoms with Crippen LogP contribution in [0.3, 0.4) is 0 Å². The predicted molar refractivity (Wildman–Crippen MR) is 119 cm³/mol. The first-order valence-electron chi connectivity index (χ1n) is 9.85. The van der Waals surface area contributed by atoms with Gasteiger partial charge in [0, 0.05) is 35.4 Å². The van der Waals surface area contributed by atoms with Gasteiger partial charge in [0.25, 0.3) is 0 Å². The minimum Gasteiger partial charge on any atom is -0.392 e. The highest BCUT2D eigenvalue weighted by Crippen LogP contribution is 2.33. The summed E-state index contributed by atoms with van der Waals surface area (Å²) >= 11 is 1.65. The van der Waals surface area contributed by atoms with Crippen LogP contribution in [0.4, 0.5) is 11.4 Å². The molecule has 0 bridgehead atoms. The third-order valence-electron chi connectivity index (χ3n) is 5.12. The van der Waals surface area contributed by atoms with E-state index in [4.69, 9.17) is 0 Å². The van der Waals surface area contributed by atoms with Crippen LogP contribution in [0.25, 0.3) is 11.3 Å². The summed E-state index contributed by atoms with van der Waals surface area (Å²) in [5.74, 6) is 0.0468. The fraction of sp³-hybridized carbons (Fsp3) is 0.304. The Balaban J connectivity index is 1.53. The Labute approximate surface area is 175 Å². The number of para-hydroxylation sites is 1. The molecule has 1 unspecified atom stereocenters. The lowest BCUT2D eigenvalue weighted by atomic mass is 10.1. The normalized spacial score (nSPS) is 14.0. The maximum atomic E-state index is 13.1. The fourth-order valence-corrected chi connectivity index (χ4v) is 4.41. The Morgan fingerprint density at radius 3 is 2.76 bits per heavy atom. The summed E-state index contributed by atoms with van der Waals surface area (Å²) in [6, 6.07) is 16.0. The molecule has 1 aliphatic rings. The highest BCUT2D eigenvalue weighted by molar-refractivity contribution is 7.09. The van der Waals surface area contributed by atoms with Gasteiger partial charge in [0.05, 0.1) is 23.4 Å². The minimum atomic E-state index is -0.516. The average molecular weight is 408 g/mol. The molecule has 2 heterocycles. The number of carbonyl (C=O) groups excluding carboxylic acids is 1. The van der Waals surface area contributed by atoms with E-state index in [1.54, 1.807) is 18.3 Å². The van der Waals surface area contributed by atoms with Gasteiger partial charge in [-0.2, -0.15) is 0 Å². The second-order valence-corrected chi connectivity index (χ2v) is 8.52. The Morgan fingerprint density at radius 1 is 1.28 bits per heavy atom. The number of anilines is 2. The number of fused-ring (bicyclic) bond motifs is 1. The Bertz CT molecular complexity index is 1000. The van der Waals surface area contributed by atoms with Crippen molar-refractivity contribution >= 4 is 28.6 Å². The molecule has 1 amide bonds.